The third-order valence-corrected chi connectivity index (χ3v) is 5.33. The lowest BCUT2D eigenvalue weighted by Gasteiger charge is -2.47. The Bertz CT molecular complexity index is 353. The average Bonchev–Trinajstić information content (AvgIpc) is 2.70. The smallest absolute Gasteiger partial charge is 0.324 e. The van der Waals surface area contributed by atoms with Crippen molar-refractivity contribution in [1.82, 2.24) is 4.90 Å². The van der Waals surface area contributed by atoms with Crippen LogP contribution in [0.5, 0.6) is 0 Å². The highest BCUT2D eigenvalue weighted by Crippen LogP contribution is 2.45. The van der Waals surface area contributed by atoms with E-state index in [9.17, 15) is 9.90 Å². The van der Waals surface area contributed by atoms with Crippen LogP contribution in [-0.4, -0.2) is 34.1 Å². The predicted octanol–water partition coefficient (Wildman–Crippen LogP) is 3.53. The van der Waals surface area contributed by atoms with Crippen LogP contribution in [0.25, 0.3) is 0 Å². The summed E-state index contributed by atoms with van der Waals surface area (Å²) < 4.78 is 0. The van der Waals surface area contributed by atoms with E-state index in [4.69, 9.17) is 0 Å². The molecule has 1 aliphatic carbocycles. The molecule has 0 amide bonds. The van der Waals surface area contributed by atoms with Crippen molar-refractivity contribution in [3.63, 3.8) is 0 Å². The molecule has 0 spiro atoms. The largest absolute Gasteiger partial charge is 0.480 e. The summed E-state index contributed by atoms with van der Waals surface area (Å²) in [6.07, 6.45) is 6.16. The molecular weight excluding hydrogens is 238 g/mol. The first-order valence-corrected chi connectivity index (χ1v) is 7.81. The Hall–Kier alpha value is -0.570. The average molecular weight is 267 g/mol. The summed E-state index contributed by atoms with van der Waals surface area (Å²) in [7, 11) is 0. The molecule has 3 nitrogen and oxygen atoms in total. The van der Waals surface area contributed by atoms with Gasteiger partial charge in [0.2, 0.25) is 0 Å². The van der Waals surface area contributed by atoms with Crippen LogP contribution < -0.4 is 0 Å². The number of carbonyl (C=O) groups is 1. The lowest BCUT2D eigenvalue weighted by Crippen LogP contribution is -2.56. The zero-order chi connectivity index (χ0) is 14.3. The number of carboxylic acids is 1. The summed E-state index contributed by atoms with van der Waals surface area (Å²) in [5, 5.41) is 9.72. The zero-order valence-corrected chi connectivity index (χ0v) is 12.9. The summed E-state index contributed by atoms with van der Waals surface area (Å²) in [5.74, 6) is 0.0984. The minimum Gasteiger partial charge on any atom is -0.480 e. The fraction of sp³-hybridized carbons (Fsp3) is 0.938. The molecule has 1 aliphatic heterocycles. The molecule has 0 radical (unpaired) electrons. The van der Waals surface area contributed by atoms with E-state index in [1.807, 2.05) is 6.92 Å². The van der Waals surface area contributed by atoms with E-state index in [0.29, 0.717) is 17.4 Å². The van der Waals surface area contributed by atoms with Crippen LogP contribution in [0.1, 0.15) is 66.2 Å². The molecule has 0 aromatic carbocycles. The Labute approximate surface area is 117 Å². The van der Waals surface area contributed by atoms with Gasteiger partial charge in [0.25, 0.3) is 0 Å². The number of likely N-dealkylation sites (tertiary alicyclic amines) is 1. The van der Waals surface area contributed by atoms with Gasteiger partial charge in [0.15, 0.2) is 0 Å². The van der Waals surface area contributed by atoms with Gasteiger partial charge in [-0.05, 0) is 56.4 Å². The molecule has 0 bridgehead atoms. The van der Waals surface area contributed by atoms with E-state index in [2.05, 4.69) is 25.7 Å². The van der Waals surface area contributed by atoms with E-state index in [1.54, 1.807) is 0 Å². The molecule has 3 heteroatoms. The molecule has 0 aromatic heterocycles. The van der Waals surface area contributed by atoms with Gasteiger partial charge in [0, 0.05) is 6.04 Å². The maximum Gasteiger partial charge on any atom is 0.324 e. The molecule has 1 saturated carbocycles. The maximum absolute atomic E-state index is 11.8. The molecule has 2 fully saturated rings. The quantitative estimate of drug-likeness (QED) is 0.850. The molecule has 0 aromatic rings. The highest BCUT2D eigenvalue weighted by atomic mass is 16.4. The first-order valence-electron chi connectivity index (χ1n) is 7.81. The van der Waals surface area contributed by atoms with Crippen molar-refractivity contribution in [2.24, 2.45) is 11.3 Å². The normalized spacial score (nSPS) is 39.4. The molecule has 2 rings (SSSR count). The molecule has 1 N–H and O–H groups in total. The van der Waals surface area contributed by atoms with Gasteiger partial charge in [0.1, 0.15) is 5.54 Å². The number of hydrogen-bond donors (Lipinski definition) is 1. The number of rotatable bonds is 3. The lowest BCUT2D eigenvalue weighted by atomic mass is 9.69. The molecule has 3 unspecified atom stereocenters. The SMILES string of the molecule is CCC1(C(=O)O)CCCN1C1CC(C)CC(C)(C)C1. The highest BCUT2D eigenvalue weighted by molar-refractivity contribution is 5.79. The van der Waals surface area contributed by atoms with Gasteiger partial charge in [-0.3, -0.25) is 9.69 Å². The van der Waals surface area contributed by atoms with Crippen molar-refractivity contribution >= 4 is 5.97 Å². The summed E-state index contributed by atoms with van der Waals surface area (Å²) in [6.45, 7) is 9.98. The van der Waals surface area contributed by atoms with Gasteiger partial charge in [-0.2, -0.15) is 0 Å². The van der Waals surface area contributed by atoms with Crippen LogP contribution in [0.2, 0.25) is 0 Å². The van der Waals surface area contributed by atoms with Crippen molar-refractivity contribution in [1.29, 1.82) is 0 Å². The molecule has 110 valence electrons. The Kier molecular flexibility index (Phi) is 3.97. The predicted molar refractivity (Wildman–Crippen MR) is 77.2 cm³/mol. The number of aliphatic carboxylic acids is 1. The molecule has 2 aliphatic rings. The second-order valence-electron chi connectivity index (χ2n) is 7.55. The minimum atomic E-state index is -0.608. The van der Waals surface area contributed by atoms with Crippen molar-refractivity contribution < 1.29 is 9.90 Å². The first kappa shape index (κ1) is 14.8. The monoisotopic (exact) mass is 267 g/mol. The molecule has 1 heterocycles. The zero-order valence-electron chi connectivity index (χ0n) is 12.9. The van der Waals surface area contributed by atoms with Crippen LogP contribution >= 0.6 is 0 Å². The van der Waals surface area contributed by atoms with Gasteiger partial charge in [-0.25, -0.2) is 0 Å². The second kappa shape index (κ2) is 5.08. The Morgan fingerprint density at radius 2 is 2.05 bits per heavy atom. The molecule has 1 saturated heterocycles. The number of nitrogens with zero attached hydrogens (tertiary/aromatic N) is 1. The number of hydrogen-bond acceptors (Lipinski definition) is 2. The van der Waals surface area contributed by atoms with Gasteiger partial charge >= 0.3 is 5.97 Å². The van der Waals surface area contributed by atoms with Crippen LogP contribution in [0.15, 0.2) is 0 Å². The molecule has 3 atom stereocenters. The fourth-order valence-electron chi connectivity index (χ4n) is 4.73. The highest BCUT2D eigenvalue weighted by Gasteiger charge is 2.50. The second-order valence-corrected chi connectivity index (χ2v) is 7.55. The summed E-state index contributed by atoms with van der Waals surface area (Å²) in [5.41, 5.74) is -0.235. The minimum absolute atomic E-state index is 0.350. The fourth-order valence-corrected chi connectivity index (χ4v) is 4.73. The van der Waals surface area contributed by atoms with Gasteiger partial charge < -0.3 is 5.11 Å². The van der Waals surface area contributed by atoms with Crippen LogP contribution in [0, 0.1) is 11.3 Å². The van der Waals surface area contributed by atoms with E-state index >= 15 is 0 Å². The van der Waals surface area contributed by atoms with Crippen LogP contribution in [-0.2, 0) is 4.79 Å². The summed E-state index contributed by atoms with van der Waals surface area (Å²) >= 11 is 0. The molecular formula is C16H29NO2. The number of carboxylic acid groups (broad SMARTS) is 1. The Morgan fingerprint density at radius 3 is 2.58 bits per heavy atom. The maximum atomic E-state index is 11.8. The Morgan fingerprint density at radius 1 is 1.37 bits per heavy atom. The standard InChI is InChI=1S/C16H29NO2/c1-5-16(14(18)19)7-6-8-17(16)13-9-12(2)10-15(3,4)11-13/h12-13H,5-11H2,1-4H3,(H,18,19). The first-order chi connectivity index (χ1) is 8.81. The van der Waals surface area contributed by atoms with Gasteiger partial charge in [-0.1, -0.05) is 27.7 Å². The third kappa shape index (κ3) is 2.67. The van der Waals surface area contributed by atoms with E-state index in [-0.39, 0.29) is 0 Å². The van der Waals surface area contributed by atoms with Crippen molar-refractivity contribution in [3.05, 3.63) is 0 Å². The van der Waals surface area contributed by atoms with E-state index < -0.39 is 11.5 Å². The third-order valence-electron chi connectivity index (χ3n) is 5.33. The van der Waals surface area contributed by atoms with Gasteiger partial charge in [0.05, 0.1) is 0 Å². The summed E-state index contributed by atoms with van der Waals surface area (Å²) in [4.78, 5) is 14.1. The van der Waals surface area contributed by atoms with Crippen LogP contribution in [0.3, 0.4) is 0 Å². The van der Waals surface area contributed by atoms with Crippen molar-refractivity contribution in [2.75, 3.05) is 6.54 Å². The van der Waals surface area contributed by atoms with E-state index in [1.165, 1.54) is 12.8 Å². The van der Waals surface area contributed by atoms with Gasteiger partial charge in [-0.15, -0.1) is 0 Å². The van der Waals surface area contributed by atoms with E-state index in [0.717, 1.165) is 32.2 Å². The Balaban J connectivity index is 2.22. The molecule has 19 heavy (non-hydrogen) atoms. The van der Waals surface area contributed by atoms with Crippen molar-refractivity contribution in [3.8, 4) is 0 Å². The topological polar surface area (TPSA) is 40.5 Å². The lowest BCUT2D eigenvalue weighted by molar-refractivity contribution is -0.153. The van der Waals surface area contributed by atoms with Crippen molar-refractivity contribution in [2.45, 2.75) is 77.8 Å². The van der Waals surface area contributed by atoms with Crippen LogP contribution in [0.4, 0.5) is 0 Å². The summed E-state index contributed by atoms with van der Waals surface area (Å²) in [6, 6.07) is 0.456.